The molecule has 4 heteroatoms. The highest BCUT2D eigenvalue weighted by Crippen LogP contribution is 2.36. The third-order valence-electron chi connectivity index (χ3n) is 4.48. The maximum absolute atomic E-state index is 13.3. The third kappa shape index (κ3) is 2.40. The van der Waals surface area contributed by atoms with Crippen LogP contribution < -0.4 is 5.32 Å². The molecule has 1 N–H and O–H groups in total. The maximum atomic E-state index is 13.3. The van der Waals surface area contributed by atoms with Gasteiger partial charge in [0, 0.05) is 18.9 Å². The molecule has 0 aliphatic carbocycles. The fourth-order valence-electron chi connectivity index (χ4n) is 3.24. The standard InChI is InChI=1S/C17H21N3O/c1-2-20-13-12-19-16(20)15(21)17(8-10-18-11-9-17)14-6-4-3-5-7-14/h3-7,12-13,18H,2,8-11H2,1H3. The number of carbonyl (C=O) groups is 1. The minimum absolute atomic E-state index is 0.155. The summed E-state index contributed by atoms with van der Waals surface area (Å²) in [5, 5.41) is 3.36. The predicted octanol–water partition coefficient (Wildman–Crippen LogP) is 2.41. The molecular weight excluding hydrogens is 262 g/mol. The van der Waals surface area contributed by atoms with Crippen LogP contribution in [0.15, 0.2) is 42.7 Å². The van der Waals surface area contributed by atoms with E-state index in [4.69, 9.17) is 0 Å². The molecule has 0 bridgehead atoms. The van der Waals surface area contributed by atoms with Crippen LogP contribution in [0.2, 0.25) is 0 Å². The first kappa shape index (κ1) is 14.0. The van der Waals surface area contributed by atoms with Gasteiger partial charge in [0.15, 0.2) is 5.82 Å². The van der Waals surface area contributed by atoms with Crippen LogP contribution >= 0.6 is 0 Å². The molecule has 1 aliphatic rings. The summed E-state index contributed by atoms with van der Waals surface area (Å²) in [6, 6.07) is 10.2. The lowest BCUT2D eigenvalue weighted by Crippen LogP contribution is -2.46. The van der Waals surface area contributed by atoms with Gasteiger partial charge in [-0.05, 0) is 38.4 Å². The van der Waals surface area contributed by atoms with Crippen LogP contribution in [0.1, 0.15) is 35.9 Å². The van der Waals surface area contributed by atoms with Gasteiger partial charge in [-0.25, -0.2) is 4.98 Å². The largest absolute Gasteiger partial charge is 0.329 e. The van der Waals surface area contributed by atoms with E-state index in [0.29, 0.717) is 5.82 Å². The highest BCUT2D eigenvalue weighted by Gasteiger charge is 2.43. The monoisotopic (exact) mass is 283 g/mol. The van der Waals surface area contributed by atoms with E-state index in [2.05, 4.69) is 22.4 Å². The normalized spacial score (nSPS) is 17.6. The van der Waals surface area contributed by atoms with Crippen molar-refractivity contribution >= 4 is 5.78 Å². The molecule has 1 aliphatic heterocycles. The molecule has 0 amide bonds. The minimum Gasteiger partial charge on any atom is -0.329 e. The van der Waals surface area contributed by atoms with E-state index < -0.39 is 5.41 Å². The zero-order chi connectivity index (χ0) is 14.7. The first-order chi connectivity index (χ1) is 10.3. The molecule has 1 aromatic carbocycles. The summed E-state index contributed by atoms with van der Waals surface area (Å²) >= 11 is 0. The molecule has 3 rings (SSSR count). The van der Waals surface area contributed by atoms with Gasteiger partial charge in [-0.15, -0.1) is 0 Å². The SMILES string of the molecule is CCn1ccnc1C(=O)C1(c2ccccc2)CCNCC1. The topological polar surface area (TPSA) is 46.9 Å². The molecule has 2 aromatic rings. The third-order valence-corrected chi connectivity index (χ3v) is 4.48. The van der Waals surface area contributed by atoms with Gasteiger partial charge in [0.25, 0.3) is 0 Å². The van der Waals surface area contributed by atoms with Gasteiger partial charge in [-0.3, -0.25) is 4.79 Å². The summed E-state index contributed by atoms with van der Waals surface area (Å²) in [6.45, 7) is 4.54. The van der Waals surface area contributed by atoms with Crippen molar-refractivity contribution in [3.63, 3.8) is 0 Å². The van der Waals surface area contributed by atoms with Gasteiger partial charge in [0.2, 0.25) is 5.78 Å². The van der Waals surface area contributed by atoms with Gasteiger partial charge < -0.3 is 9.88 Å². The quantitative estimate of drug-likeness (QED) is 0.877. The fraction of sp³-hybridized carbons (Fsp3) is 0.412. The molecule has 0 atom stereocenters. The molecule has 2 heterocycles. The second-order valence-electron chi connectivity index (χ2n) is 5.56. The first-order valence-electron chi connectivity index (χ1n) is 7.60. The second kappa shape index (κ2) is 5.82. The van der Waals surface area contributed by atoms with Gasteiger partial charge in [0.1, 0.15) is 0 Å². The fourth-order valence-corrected chi connectivity index (χ4v) is 3.24. The Balaban J connectivity index is 2.06. The Morgan fingerprint density at radius 1 is 1.29 bits per heavy atom. The average Bonchev–Trinajstić information content (AvgIpc) is 3.04. The molecule has 0 saturated carbocycles. The lowest BCUT2D eigenvalue weighted by Gasteiger charge is -2.36. The van der Waals surface area contributed by atoms with Crippen LogP contribution in [0.25, 0.3) is 0 Å². The smallest absolute Gasteiger partial charge is 0.208 e. The van der Waals surface area contributed by atoms with Crippen molar-refractivity contribution in [2.45, 2.75) is 31.7 Å². The van der Waals surface area contributed by atoms with Crippen molar-refractivity contribution in [1.82, 2.24) is 14.9 Å². The Hall–Kier alpha value is -1.94. The maximum Gasteiger partial charge on any atom is 0.208 e. The molecule has 110 valence electrons. The number of nitrogens with zero attached hydrogens (tertiary/aromatic N) is 2. The van der Waals surface area contributed by atoms with Crippen LogP contribution in [0.4, 0.5) is 0 Å². The van der Waals surface area contributed by atoms with E-state index >= 15 is 0 Å². The van der Waals surface area contributed by atoms with Gasteiger partial charge in [0.05, 0.1) is 5.41 Å². The zero-order valence-electron chi connectivity index (χ0n) is 12.4. The summed E-state index contributed by atoms with van der Waals surface area (Å²) in [4.78, 5) is 17.6. The van der Waals surface area contributed by atoms with Crippen LogP contribution in [0.5, 0.6) is 0 Å². The van der Waals surface area contributed by atoms with Crippen molar-refractivity contribution in [2.24, 2.45) is 0 Å². The number of nitrogens with one attached hydrogen (secondary N) is 1. The average molecular weight is 283 g/mol. The Morgan fingerprint density at radius 2 is 2.00 bits per heavy atom. The first-order valence-corrected chi connectivity index (χ1v) is 7.60. The number of carbonyl (C=O) groups excluding carboxylic acids is 1. The number of aromatic nitrogens is 2. The molecule has 21 heavy (non-hydrogen) atoms. The highest BCUT2D eigenvalue weighted by atomic mass is 16.1. The second-order valence-corrected chi connectivity index (χ2v) is 5.56. The number of benzene rings is 1. The van der Waals surface area contributed by atoms with Crippen LogP contribution in [0, 0.1) is 0 Å². The molecule has 4 nitrogen and oxygen atoms in total. The number of aryl methyl sites for hydroxylation is 1. The molecule has 1 saturated heterocycles. The Morgan fingerprint density at radius 3 is 2.67 bits per heavy atom. The van der Waals surface area contributed by atoms with E-state index in [1.54, 1.807) is 6.20 Å². The lowest BCUT2D eigenvalue weighted by molar-refractivity contribution is 0.0831. The number of ketones is 1. The summed E-state index contributed by atoms with van der Waals surface area (Å²) in [6.07, 6.45) is 5.25. The van der Waals surface area contributed by atoms with E-state index in [1.807, 2.05) is 35.9 Å². The van der Waals surface area contributed by atoms with Gasteiger partial charge in [-0.2, -0.15) is 0 Å². The summed E-state index contributed by atoms with van der Waals surface area (Å²) in [7, 11) is 0. The minimum atomic E-state index is -0.440. The molecule has 0 spiro atoms. The number of imidazole rings is 1. The van der Waals surface area contributed by atoms with Crippen LogP contribution in [0.3, 0.4) is 0 Å². The van der Waals surface area contributed by atoms with Crippen molar-refractivity contribution in [3.05, 3.63) is 54.1 Å². The number of Topliss-reactive ketones (excluding diaryl/α,β-unsaturated/α-hetero) is 1. The summed E-state index contributed by atoms with van der Waals surface area (Å²) in [5.74, 6) is 0.741. The Bertz CT molecular complexity index is 612. The van der Waals surface area contributed by atoms with E-state index in [1.165, 1.54) is 0 Å². The van der Waals surface area contributed by atoms with Crippen molar-refractivity contribution in [3.8, 4) is 0 Å². The van der Waals surface area contributed by atoms with Crippen molar-refractivity contribution in [2.75, 3.05) is 13.1 Å². The van der Waals surface area contributed by atoms with Crippen LogP contribution in [-0.4, -0.2) is 28.4 Å². The Kier molecular flexibility index (Phi) is 3.88. The van der Waals surface area contributed by atoms with Gasteiger partial charge in [-0.1, -0.05) is 30.3 Å². The van der Waals surface area contributed by atoms with Crippen LogP contribution in [-0.2, 0) is 12.0 Å². The summed E-state index contributed by atoms with van der Waals surface area (Å²) in [5.41, 5.74) is 0.673. The lowest BCUT2D eigenvalue weighted by atomic mass is 9.70. The van der Waals surface area contributed by atoms with E-state index in [0.717, 1.165) is 38.0 Å². The van der Waals surface area contributed by atoms with Crippen molar-refractivity contribution in [1.29, 1.82) is 0 Å². The van der Waals surface area contributed by atoms with Crippen molar-refractivity contribution < 1.29 is 4.79 Å². The molecular formula is C17H21N3O. The molecule has 0 radical (unpaired) electrons. The number of piperidine rings is 1. The number of hydrogen-bond donors (Lipinski definition) is 1. The molecule has 1 fully saturated rings. The molecule has 0 unspecified atom stereocenters. The highest BCUT2D eigenvalue weighted by molar-refractivity contribution is 6.01. The summed E-state index contributed by atoms with van der Waals surface area (Å²) < 4.78 is 1.94. The Labute approximate surface area is 125 Å². The molecule has 1 aromatic heterocycles. The number of rotatable bonds is 4. The number of hydrogen-bond acceptors (Lipinski definition) is 3. The van der Waals surface area contributed by atoms with E-state index in [9.17, 15) is 4.79 Å². The predicted molar refractivity (Wildman–Crippen MR) is 82.5 cm³/mol. The van der Waals surface area contributed by atoms with E-state index in [-0.39, 0.29) is 5.78 Å². The van der Waals surface area contributed by atoms with Gasteiger partial charge >= 0.3 is 0 Å². The zero-order valence-corrected chi connectivity index (χ0v) is 12.4.